The molecule has 2 heterocycles. The number of carbonyl (C=O) groups excluding carboxylic acids is 2. The largest absolute Gasteiger partial charge is 0.469 e. The van der Waals surface area contributed by atoms with E-state index in [0.29, 0.717) is 31.7 Å². The summed E-state index contributed by atoms with van der Waals surface area (Å²) in [6.07, 6.45) is 2.74. The number of thioether (sulfide) groups is 1. The van der Waals surface area contributed by atoms with Gasteiger partial charge in [-0.25, -0.2) is 0 Å². The number of aliphatic hydroxyl groups is 1. The van der Waals surface area contributed by atoms with Crippen LogP contribution in [0, 0.1) is 11.8 Å². The molecule has 0 saturated carbocycles. The first-order chi connectivity index (χ1) is 10.1. The molecule has 0 spiro atoms. The highest BCUT2D eigenvalue weighted by Crippen LogP contribution is 2.23. The van der Waals surface area contributed by atoms with E-state index in [1.165, 1.54) is 11.8 Å². The molecule has 1 saturated heterocycles. The molecule has 0 bridgehead atoms. The van der Waals surface area contributed by atoms with Gasteiger partial charge in [-0.05, 0) is 18.1 Å². The van der Waals surface area contributed by atoms with Crippen molar-refractivity contribution in [3.8, 4) is 0 Å². The summed E-state index contributed by atoms with van der Waals surface area (Å²) in [6.45, 7) is 2.78. The van der Waals surface area contributed by atoms with E-state index in [4.69, 9.17) is 4.42 Å². The maximum absolute atomic E-state index is 12.0. The van der Waals surface area contributed by atoms with Crippen molar-refractivity contribution >= 4 is 22.8 Å². The molecular formula is C15H21NO4S. The summed E-state index contributed by atoms with van der Waals surface area (Å²) in [4.78, 5) is 24.8. The summed E-state index contributed by atoms with van der Waals surface area (Å²) in [5.74, 6) is 1.85. The Morgan fingerprint density at radius 1 is 1.62 bits per heavy atom. The van der Waals surface area contributed by atoms with Crippen LogP contribution >= 0.6 is 11.8 Å². The second-order valence-corrected chi connectivity index (χ2v) is 6.70. The SMILES string of the molecule is CC(=O)SCC1CC(=O)N(CC(CO)Cc2ccco2)C1. The van der Waals surface area contributed by atoms with E-state index in [1.54, 1.807) is 18.1 Å². The van der Waals surface area contributed by atoms with E-state index in [9.17, 15) is 14.7 Å². The summed E-state index contributed by atoms with van der Waals surface area (Å²) >= 11 is 1.28. The summed E-state index contributed by atoms with van der Waals surface area (Å²) in [7, 11) is 0. The number of likely N-dealkylation sites (tertiary alicyclic amines) is 1. The van der Waals surface area contributed by atoms with Gasteiger partial charge in [0.15, 0.2) is 5.12 Å². The lowest BCUT2D eigenvalue weighted by atomic mass is 10.0. The molecule has 0 aromatic carbocycles. The average Bonchev–Trinajstić information content (AvgIpc) is 3.06. The summed E-state index contributed by atoms with van der Waals surface area (Å²) in [6, 6.07) is 3.69. The monoisotopic (exact) mass is 311 g/mol. The van der Waals surface area contributed by atoms with Crippen LogP contribution in [-0.2, 0) is 16.0 Å². The lowest BCUT2D eigenvalue weighted by molar-refractivity contribution is -0.128. The van der Waals surface area contributed by atoms with Crippen LogP contribution in [0.2, 0.25) is 0 Å². The Morgan fingerprint density at radius 3 is 3.05 bits per heavy atom. The molecule has 1 N–H and O–H groups in total. The third kappa shape index (κ3) is 4.89. The highest BCUT2D eigenvalue weighted by Gasteiger charge is 2.31. The van der Waals surface area contributed by atoms with E-state index in [1.807, 2.05) is 12.1 Å². The second-order valence-electron chi connectivity index (χ2n) is 5.50. The number of aliphatic hydroxyl groups excluding tert-OH is 1. The molecule has 1 aromatic heterocycles. The van der Waals surface area contributed by atoms with E-state index in [-0.39, 0.29) is 29.5 Å². The topological polar surface area (TPSA) is 70.8 Å². The van der Waals surface area contributed by atoms with E-state index in [2.05, 4.69) is 0 Å². The molecule has 1 fully saturated rings. The predicted molar refractivity (Wildman–Crippen MR) is 80.8 cm³/mol. The number of amides is 1. The molecule has 116 valence electrons. The summed E-state index contributed by atoms with van der Waals surface area (Å²) < 4.78 is 5.29. The standard InChI is InChI=1S/C15H21NO4S/c1-11(18)21-10-13-6-15(19)16(8-13)7-12(9-17)5-14-3-2-4-20-14/h2-4,12-13,17H,5-10H2,1H3. The van der Waals surface area contributed by atoms with Crippen molar-refractivity contribution in [1.82, 2.24) is 4.90 Å². The van der Waals surface area contributed by atoms with Gasteiger partial charge in [-0.2, -0.15) is 0 Å². The number of nitrogens with zero attached hydrogens (tertiary/aromatic N) is 1. The fraction of sp³-hybridized carbons (Fsp3) is 0.600. The van der Waals surface area contributed by atoms with Crippen molar-refractivity contribution in [3.63, 3.8) is 0 Å². The Bertz CT molecular complexity index is 474. The second kappa shape index (κ2) is 7.66. The molecule has 1 aliphatic rings. The minimum Gasteiger partial charge on any atom is -0.469 e. The number of hydrogen-bond donors (Lipinski definition) is 1. The molecule has 2 unspecified atom stereocenters. The molecule has 1 aromatic rings. The van der Waals surface area contributed by atoms with Crippen LogP contribution < -0.4 is 0 Å². The van der Waals surface area contributed by atoms with E-state index < -0.39 is 0 Å². The van der Waals surface area contributed by atoms with Gasteiger partial charge in [-0.15, -0.1) is 0 Å². The summed E-state index contributed by atoms with van der Waals surface area (Å²) in [5.41, 5.74) is 0. The molecule has 1 amide bonds. The first kappa shape index (κ1) is 16.1. The van der Waals surface area contributed by atoms with Crippen molar-refractivity contribution in [1.29, 1.82) is 0 Å². The van der Waals surface area contributed by atoms with Gasteiger partial charge >= 0.3 is 0 Å². The van der Waals surface area contributed by atoms with Crippen molar-refractivity contribution in [3.05, 3.63) is 24.2 Å². The lowest BCUT2D eigenvalue weighted by Gasteiger charge is -2.22. The van der Waals surface area contributed by atoms with Gasteiger partial charge in [-0.1, -0.05) is 11.8 Å². The number of rotatable bonds is 7. The fourth-order valence-corrected chi connectivity index (χ4v) is 3.28. The van der Waals surface area contributed by atoms with Gasteiger partial charge in [0.1, 0.15) is 5.76 Å². The maximum atomic E-state index is 12.0. The Labute approximate surface area is 128 Å². The molecule has 21 heavy (non-hydrogen) atoms. The zero-order valence-electron chi connectivity index (χ0n) is 12.2. The molecule has 2 rings (SSSR count). The van der Waals surface area contributed by atoms with Crippen LogP contribution in [0.3, 0.4) is 0 Å². The van der Waals surface area contributed by atoms with Crippen molar-refractivity contribution in [2.75, 3.05) is 25.4 Å². The molecule has 0 radical (unpaired) electrons. The van der Waals surface area contributed by atoms with Crippen LogP contribution in [0.25, 0.3) is 0 Å². The normalized spacial score (nSPS) is 20.0. The van der Waals surface area contributed by atoms with Gasteiger partial charge in [-0.3, -0.25) is 9.59 Å². The highest BCUT2D eigenvalue weighted by atomic mass is 32.2. The average molecular weight is 311 g/mol. The molecule has 0 aliphatic carbocycles. The number of furan rings is 1. The third-order valence-electron chi connectivity index (χ3n) is 3.62. The zero-order valence-corrected chi connectivity index (χ0v) is 13.0. The van der Waals surface area contributed by atoms with Gasteiger partial charge < -0.3 is 14.4 Å². The number of hydrogen-bond acceptors (Lipinski definition) is 5. The Hall–Kier alpha value is -1.27. The van der Waals surface area contributed by atoms with Crippen LogP contribution in [0.4, 0.5) is 0 Å². The minimum atomic E-state index is -0.0145. The lowest BCUT2D eigenvalue weighted by Crippen LogP contribution is -2.33. The van der Waals surface area contributed by atoms with E-state index >= 15 is 0 Å². The van der Waals surface area contributed by atoms with Crippen LogP contribution in [0.15, 0.2) is 22.8 Å². The van der Waals surface area contributed by atoms with E-state index in [0.717, 1.165) is 5.76 Å². The Balaban J connectivity index is 1.83. The molecule has 1 aliphatic heterocycles. The zero-order chi connectivity index (χ0) is 15.2. The van der Waals surface area contributed by atoms with Crippen LogP contribution in [0.1, 0.15) is 19.1 Å². The van der Waals surface area contributed by atoms with Crippen LogP contribution in [0.5, 0.6) is 0 Å². The molecule has 6 heteroatoms. The van der Waals surface area contributed by atoms with Gasteiger partial charge in [0.05, 0.1) is 6.26 Å². The summed E-state index contributed by atoms with van der Waals surface area (Å²) in [5, 5.41) is 9.57. The fourth-order valence-electron chi connectivity index (χ4n) is 2.59. The third-order valence-corrected chi connectivity index (χ3v) is 4.67. The highest BCUT2D eigenvalue weighted by molar-refractivity contribution is 8.13. The smallest absolute Gasteiger partial charge is 0.222 e. The minimum absolute atomic E-state index is 0.0145. The number of carbonyl (C=O) groups is 2. The van der Waals surface area contributed by atoms with Gasteiger partial charge in [0.2, 0.25) is 5.91 Å². The molecular weight excluding hydrogens is 290 g/mol. The van der Waals surface area contributed by atoms with Gasteiger partial charge in [0.25, 0.3) is 0 Å². The van der Waals surface area contributed by atoms with Crippen LogP contribution in [-0.4, -0.2) is 46.5 Å². The predicted octanol–water partition coefficient (Wildman–Crippen LogP) is 1.56. The maximum Gasteiger partial charge on any atom is 0.222 e. The molecule has 5 nitrogen and oxygen atoms in total. The molecule has 2 atom stereocenters. The van der Waals surface area contributed by atoms with Crippen molar-refractivity contribution in [2.45, 2.75) is 19.8 Å². The first-order valence-corrected chi connectivity index (χ1v) is 8.11. The Kier molecular flexibility index (Phi) is 5.87. The Morgan fingerprint density at radius 2 is 2.43 bits per heavy atom. The quantitative estimate of drug-likeness (QED) is 0.827. The first-order valence-electron chi connectivity index (χ1n) is 7.13. The van der Waals surface area contributed by atoms with Crippen molar-refractivity contribution < 1.29 is 19.1 Å². The van der Waals surface area contributed by atoms with Crippen molar-refractivity contribution in [2.24, 2.45) is 11.8 Å². The van der Waals surface area contributed by atoms with Gasteiger partial charge in [0, 0.05) is 51.1 Å².